The van der Waals surface area contributed by atoms with E-state index in [2.05, 4.69) is 0 Å². The molecule has 4 heteroatoms. The monoisotopic (exact) mass is 226 g/mol. The first-order chi connectivity index (χ1) is 7.02. The van der Waals surface area contributed by atoms with Crippen molar-refractivity contribution in [3.05, 3.63) is 35.9 Å². The van der Waals surface area contributed by atoms with Crippen molar-refractivity contribution in [1.82, 2.24) is 0 Å². The number of hydrogen-bond donors (Lipinski definition) is 1. The van der Waals surface area contributed by atoms with E-state index in [0.29, 0.717) is 12.8 Å². The van der Waals surface area contributed by atoms with Gasteiger partial charge in [0.1, 0.15) is 0 Å². The Labute approximate surface area is 89.7 Å². The van der Waals surface area contributed by atoms with Crippen LogP contribution in [-0.2, 0) is 15.4 Å². The van der Waals surface area contributed by atoms with Crippen LogP contribution in [0.2, 0.25) is 0 Å². The van der Waals surface area contributed by atoms with Crippen LogP contribution in [0.1, 0.15) is 18.4 Å². The standard InChI is InChI=1S/C11H14O3S/c12-11(10-4-2-1-3-5-10)6-8-15(13,14)9-7-11/h1-5,12H,6-9H2. The molecule has 1 aliphatic heterocycles. The molecule has 0 unspecified atom stereocenters. The average Bonchev–Trinajstić information content (AvgIpc) is 2.24. The third-order valence-electron chi connectivity index (χ3n) is 2.96. The Morgan fingerprint density at radius 3 is 2.13 bits per heavy atom. The second kappa shape index (κ2) is 3.61. The highest BCUT2D eigenvalue weighted by Crippen LogP contribution is 2.33. The van der Waals surface area contributed by atoms with Gasteiger partial charge >= 0.3 is 0 Å². The molecule has 15 heavy (non-hydrogen) atoms. The Hall–Kier alpha value is -0.870. The summed E-state index contributed by atoms with van der Waals surface area (Å²) in [6.45, 7) is 0. The Kier molecular flexibility index (Phi) is 2.56. The summed E-state index contributed by atoms with van der Waals surface area (Å²) in [5.74, 6) is 0.163. The van der Waals surface area contributed by atoms with Crippen molar-refractivity contribution in [2.45, 2.75) is 18.4 Å². The van der Waals surface area contributed by atoms with E-state index in [0.717, 1.165) is 5.56 Å². The highest BCUT2D eigenvalue weighted by atomic mass is 32.2. The van der Waals surface area contributed by atoms with Gasteiger partial charge in [0.05, 0.1) is 17.1 Å². The van der Waals surface area contributed by atoms with Crippen LogP contribution in [0.15, 0.2) is 30.3 Å². The van der Waals surface area contributed by atoms with Gasteiger partial charge in [-0.3, -0.25) is 0 Å². The number of rotatable bonds is 1. The fraction of sp³-hybridized carbons (Fsp3) is 0.455. The molecular formula is C11H14O3S. The molecule has 2 rings (SSSR count). The molecule has 82 valence electrons. The van der Waals surface area contributed by atoms with Crippen LogP contribution in [0.25, 0.3) is 0 Å². The molecule has 1 saturated heterocycles. The van der Waals surface area contributed by atoms with Gasteiger partial charge in [0.2, 0.25) is 0 Å². The molecule has 1 aromatic rings. The normalized spacial score (nSPS) is 23.5. The second-order valence-electron chi connectivity index (χ2n) is 4.05. The minimum atomic E-state index is -2.92. The van der Waals surface area contributed by atoms with Gasteiger partial charge in [-0.1, -0.05) is 30.3 Å². The Balaban J connectivity index is 2.24. The minimum Gasteiger partial charge on any atom is -0.385 e. The van der Waals surface area contributed by atoms with E-state index >= 15 is 0 Å². The Morgan fingerprint density at radius 2 is 1.60 bits per heavy atom. The molecule has 3 nitrogen and oxygen atoms in total. The topological polar surface area (TPSA) is 54.4 Å². The molecule has 0 bridgehead atoms. The maximum atomic E-state index is 11.3. The molecule has 1 aliphatic rings. The zero-order valence-corrected chi connectivity index (χ0v) is 9.20. The molecule has 0 aromatic heterocycles. The second-order valence-corrected chi connectivity index (χ2v) is 6.35. The number of hydrogen-bond acceptors (Lipinski definition) is 3. The molecule has 1 N–H and O–H groups in total. The van der Waals surface area contributed by atoms with Crippen molar-refractivity contribution in [1.29, 1.82) is 0 Å². The van der Waals surface area contributed by atoms with E-state index in [4.69, 9.17) is 0 Å². The summed E-state index contributed by atoms with van der Waals surface area (Å²) < 4.78 is 22.5. The van der Waals surface area contributed by atoms with Crippen LogP contribution in [0.3, 0.4) is 0 Å². The molecular weight excluding hydrogens is 212 g/mol. The van der Waals surface area contributed by atoms with Crippen LogP contribution in [0.5, 0.6) is 0 Å². The summed E-state index contributed by atoms with van der Waals surface area (Å²) in [4.78, 5) is 0. The lowest BCUT2D eigenvalue weighted by Gasteiger charge is -2.32. The highest BCUT2D eigenvalue weighted by Gasteiger charge is 2.36. The maximum absolute atomic E-state index is 11.3. The molecule has 0 radical (unpaired) electrons. The van der Waals surface area contributed by atoms with Crippen LogP contribution in [-0.4, -0.2) is 25.0 Å². The van der Waals surface area contributed by atoms with E-state index in [1.165, 1.54) is 0 Å². The van der Waals surface area contributed by atoms with Crippen LogP contribution in [0, 0.1) is 0 Å². The van der Waals surface area contributed by atoms with Crippen molar-refractivity contribution in [3.8, 4) is 0 Å². The molecule has 0 aliphatic carbocycles. The first-order valence-electron chi connectivity index (χ1n) is 5.00. The summed E-state index contributed by atoms with van der Waals surface area (Å²) in [6.07, 6.45) is 0.610. The van der Waals surface area contributed by atoms with Gasteiger partial charge in [-0.2, -0.15) is 0 Å². The summed E-state index contributed by atoms with van der Waals surface area (Å²) in [6, 6.07) is 9.29. The van der Waals surface area contributed by atoms with Gasteiger partial charge in [0, 0.05) is 0 Å². The van der Waals surface area contributed by atoms with E-state index in [9.17, 15) is 13.5 Å². The molecule has 0 amide bonds. The van der Waals surface area contributed by atoms with Crippen LogP contribution < -0.4 is 0 Å². The van der Waals surface area contributed by atoms with Gasteiger partial charge < -0.3 is 5.11 Å². The predicted molar refractivity (Wildman–Crippen MR) is 58.2 cm³/mol. The molecule has 0 spiro atoms. The average molecular weight is 226 g/mol. The fourth-order valence-electron chi connectivity index (χ4n) is 1.91. The third-order valence-corrected chi connectivity index (χ3v) is 4.62. The summed E-state index contributed by atoms with van der Waals surface area (Å²) in [5, 5.41) is 10.3. The minimum absolute atomic E-state index is 0.0817. The lowest BCUT2D eigenvalue weighted by molar-refractivity contribution is 0.0263. The molecule has 1 aromatic carbocycles. The van der Waals surface area contributed by atoms with Gasteiger partial charge in [-0.15, -0.1) is 0 Å². The number of sulfone groups is 1. The number of benzene rings is 1. The first-order valence-corrected chi connectivity index (χ1v) is 6.82. The van der Waals surface area contributed by atoms with Crippen molar-refractivity contribution in [3.63, 3.8) is 0 Å². The largest absolute Gasteiger partial charge is 0.385 e. The van der Waals surface area contributed by atoms with Gasteiger partial charge in [0.25, 0.3) is 0 Å². The third kappa shape index (κ3) is 2.21. The summed E-state index contributed by atoms with van der Waals surface area (Å²) >= 11 is 0. The van der Waals surface area contributed by atoms with Crippen LogP contribution >= 0.6 is 0 Å². The van der Waals surface area contributed by atoms with E-state index < -0.39 is 15.4 Å². The fourth-order valence-corrected chi connectivity index (χ4v) is 3.41. The SMILES string of the molecule is O=S1(=O)CCC(O)(c2ccccc2)CC1. The van der Waals surface area contributed by atoms with E-state index in [-0.39, 0.29) is 11.5 Å². The van der Waals surface area contributed by atoms with E-state index in [1.807, 2.05) is 30.3 Å². The van der Waals surface area contributed by atoms with Gasteiger partial charge in [0.15, 0.2) is 9.84 Å². The van der Waals surface area contributed by atoms with Crippen LogP contribution in [0.4, 0.5) is 0 Å². The lowest BCUT2D eigenvalue weighted by atomic mass is 9.88. The van der Waals surface area contributed by atoms with Gasteiger partial charge in [-0.05, 0) is 18.4 Å². The van der Waals surface area contributed by atoms with Crippen molar-refractivity contribution in [2.75, 3.05) is 11.5 Å². The Bertz CT molecular complexity index is 422. The summed E-state index contributed by atoms with van der Waals surface area (Å²) in [7, 11) is -2.92. The quantitative estimate of drug-likeness (QED) is 0.779. The zero-order valence-electron chi connectivity index (χ0n) is 8.39. The van der Waals surface area contributed by atoms with Crippen molar-refractivity contribution >= 4 is 9.84 Å². The first kappa shape index (κ1) is 10.6. The van der Waals surface area contributed by atoms with E-state index in [1.54, 1.807) is 0 Å². The number of aliphatic hydroxyl groups is 1. The highest BCUT2D eigenvalue weighted by molar-refractivity contribution is 7.91. The zero-order chi connectivity index (χ0) is 10.9. The van der Waals surface area contributed by atoms with Crippen molar-refractivity contribution < 1.29 is 13.5 Å². The van der Waals surface area contributed by atoms with Gasteiger partial charge in [-0.25, -0.2) is 8.42 Å². The molecule has 0 saturated carbocycles. The smallest absolute Gasteiger partial charge is 0.150 e. The molecule has 0 atom stereocenters. The molecule has 1 fully saturated rings. The predicted octanol–water partition coefficient (Wildman–Crippen LogP) is 1.08. The van der Waals surface area contributed by atoms with Crippen molar-refractivity contribution in [2.24, 2.45) is 0 Å². The lowest BCUT2D eigenvalue weighted by Crippen LogP contribution is -2.36. The molecule has 1 heterocycles. The Morgan fingerprint density at radius 1 is 1.07 bits per heavy atom. The maximum Gasteiger partial charge on any atom is 0.150 e. The summed E-state index contributed by atoms with van der Waals surface area (Å²) in [5.41, 5.74) is -0.132.